The lowest BCUT2D eigenvalue weighted by Crippen LogP contribution is -2.45. The maximum atomic E-state index is 12.5. The molecule has 2 atom stereocenters. The summed E-state index contributed by atoms with van der Waals surface area (Å²) in [7, 11) is 0. The Morgan fingerprint density at radius 1 is 1.14 bits per heavy atom. The first-order chi connectivity index (χ1) is 10.7. The predicted octanol–water partition coefficient (Wildman–Crippen LogP) is 2.07. The number of hydrogen-bond donors (Lipinski definition) is 0. The van der Waals surface area contributed by atoms with Gasteiger partial charge in [-0.2, -0.15) is 0 Å². The fraction of sp³-hybridized carbons (Fsp3) is 0.556. The minimum Gasteiger partial charge on any atom is -0.381 e. The van der Waals surface area contributed by atoms with Gasteiger partial charge in [0.25, 0.3) is 0 Å². The van der Waals surface area contributed by atoms with Crippen molar-refractivity contribution in [1.29, 1.82) is 0 Å². The number of amides is 1. The minimum absolute atomic E-state index is 0.00275. The summed E-state index contributed by atoms with van der Waals surface area (Å²) in [6.45, 7) is 2.59. The number of piperidine rings is 1. The SMILES string of the molecule is O=C(Cc1ccccc1)C1CCCN(C(=O)C2CCOC2)C1. The summed E-state index contributed by atoms with van der Waals surface area (Å²) in [5.74, 6) is 0.421. The van der Waals surface area contributed by atoms with Crippen LogP contribution in [-0.2, 0) is 20.7 Å². The Labute approximate surface area is 131 Å². The molecular weight excluding hydrogens is 278 g/mol. The van der Waals surface area contributed by atoms with E-state index in [4.69, 9.17) is 4.74 Å². The van der Waals surface area contributed by atoms with Gasteiger partial charge in [-0.15, -0.1) is 0 Å². The van der Waals surface area contributed by atoms with Crippen LogP contribution in [-0.4, -0.2) is 42.9 Å². The van der Waals surface area contributed by atoms with Crippen LogP contribution in [0.4, 0.5) is 0 Å². The van der Waals surface area contributed by atoms with Crippen LogP contribution in [0.5, 0.6) is 0 Å². The van der Waals surface area contributed by atoms with Gasteiger partial charge in [0, 0.05) is 32.0 Å². The third-order valence-electron chi connectivity index (χ3n) is 4.69. The number of hydrogen-bond acceptors (Lipinski definition) is 3. The third-order valence-corrected chi connectivity index (χ3v) is 4.69. The molecule has 0 saturated carbocycles. The van der Waals surface area contributed by atoms with E-state index in [1.165, 1.54) is 0 Å². The fourth-order valence-electron chi connectivity index (χ4n) is 3.37. The summed E-state index contributed by atoms with van der Waals surface area (Å²) in [5, 5.41) is 0. The number of carbonyl (C=O) groups excluding carboxylic acids is 2. The average molecular weight is 301 g/mol. The second-order valence-electron chi connectivity index (χ2n) is 6.31. The molecule has 1 aromatic carbocycles. The first-order valence-corrected chi connectivity index (χ1v) is 8.17. The standard InChI is InChI=1S/C18H23NO3/c20-17(11-14-5-2-1-3-6-14)15-7-4-9-19(12-15)18(21)16-8-10-22-13-16/h1-3,5-6,15-16H,4,7-13H2. The Kier molecular flexibility index (Phi) is 4.88. The highest BCUT2D eigenvalue weighted by molar-refractivity contribution is 5.85. The highest BCUT2D eigenvalue weighted by Crippen LogP contribution is 2.23. The molecular formula is C18H23NO3. The lowest BCUT2D eigenvalue weighted by Gasteiger charge is -2.33. The van der Waals surface area contributed by atoms with Crippen molar-refractivity contribution in [2.75, 3.05) is 26.3 Å². The van der Waals surface area contributed by atoms with Crippen molar-refractivity contribution < 1.29 is 14.3 Å². The van der Waals surface area contributed by atoms with E-state index in [1.807, 2.05) is 35.2 Å². The van der Waals surface area contributed by atoms with Gasteiger partial charge in [-0.3, -0.25) is 9.59 Å². The highest BCUT2D eigenvalue weighted by atomic mass is 16.5. The molecule has 0 bridgehead atoms. The van der Waals surface area contributed by atoms with E-state index in [0.29, 0.717) is 26.2 Å². The van der Waals surface area contributed by atoms with Gasteiger partial charge in [-0.1, -0.05) is 30.3 Å². The number of carbonyl (C=O) groups is 2. The molecule has 3 rings (SSSR count). The number of likely N-dealkylation sites (tertiary alicyclic amines) is 1. The van der Waals surface area contributed by atoms with Crippen LogP contribution in [0.25, 0.3) is 0 Å². The monoisotopic (exact) mass is 301 g/mol. The van der Waals surface area contributed by atoms with Crippen LogP contribution in [0.15, 0.2) is 30.3 Å². The molecule has 4 nitrogen and oxygen atoms in total. The lowest BCUT2D eigenvalue weighted by molar-refractivity contribution is -0.138. The van der Waals surface area contributed by atoms with E-state index < -0.39 is 0 Å². The number of Topliss-reactive ketones (excluding diaryl/α,β-unsaturated/α-hetero) is 1. The zero-order valence-electron chi connectivity index (χ0n) is 12.9. The zero-order valence-corrected chi connectivity index (χ0v) is 12.9. The van der Waals surface area contributed by atoms with Crippen LogP contribution in [0.1, 0.15) is 24.8 Å². The molecule has 2 aliphatic rings. The molecule has 0 aromatic heterocycles. The Morgan fingerprint density at radius 2 is 1.95 bits per heavy atom. The largest absolute Gasteiger partial charge is 0.381 e. The molecule has 2 unspecified atom stereocenters. The summed E-state index contributed by atoms with van der Waals surface area (Å²) >= 11 is 0. The van der Waals surface area contributed by atoms with Crippen LogP contribution in [0, 0.1) is 11.8 Å². The maximum absolute atomic E-state index is 12.5. The molecule has 1 amide bonds. The molecule has 0 aliphatic carbocycles. The van der Waals surface area contributed by atoms with Crippen LogP contribution < -0.4 is 0 Å². The van der Waals surface area contributed by atoms with E-state index >= 15 is 0 Å². The Morgan fingerprint density at radius 3 is 2.68 bits per heavy atom. The number of ketones is 1. The van der Waals surface area contributed by atoms with E-state index in [-0.39, 0.29) is 23.5 Å². The molecule has 1 aromatic rings. The quantitative estimate of drug-likeness (QED) is 0.855. The Bertz CT molecular complexity index is 522. The number of benzene rings is 1. The van der Waals surface area contributed by atoms with Crippen molar-refractivity contribution in [3.8, 4) is 0 Å². The highest BCUT2D eigenvalue weighted by Gasteiger charge is 2.33. The molecule has 0 radical (unpaired) electrons. The molecule has 2 aliphatic heterocycles. The van der Waals surface area contributed by atoms with Crippen LogP contribution in [0.3, 0.4) is 0 Å². The van der Waals surface area contributed by atoms with Crippen LogP contribution in [0.2, 0.25) is 0 Å². The van der Waals surface area contributed by atoms with Gasteiger partial charge in [0.1, 0.15) is 5.78 Å². The van der Waals surface area contributed by atoms with Gasteiger partial charge in [-0.05, 0) is 24.8 Å². The molecule has 0 spiro atoms. The minimum atomic E-state index is -0.0137. The van der Waals surface area contributed by atoms with Crippen molar-refractivity contribution in [3.05, 3.63) is 35.9 Å². The van der Waals surface area contributed by atoms with Crippen molar-refractivity contribution >= 4 is 11.7 Å². The maximum Gasteiger partial charge on any atom is 0.228 e. The third kappa shape index (κ3) is 3.55. The van der Waals surface area contributed by atoms with Crippen molar-refractivity contribution in [1.82, 2.24) is 4.90 Å². The Balaban J connectivity index is 1.57. The molecule has 4 heteroatoms. The average Bonchev–Trinajstić information content (AvgIpc) is 3.09. The summed E-state index contributed by atoms with van der Waals surface area (Å²) in [5.41, 5.74) is 1.06. The smallest absolute Gasteiger partial charge is 0.228 e. The number of ether oxygens (including phenoxy) is 1. The molecule has 2 heterocycles. The van der Waals surface area contributed by atoms with Crippen LogP contribution >= 0.6 is 0 Å². The van der Waals surface area contributed by atoms with Gasteiger partial charge >= 0.3 is 0 Å². The van der Waals surface area contributed by atoms with Gasteiger partial charge in [0.15, 0.2) is 0 Å². The van der Waals surface area contributed by atoms with Gasteiger partial charge in [-0.25, -0.2) is 0 Å². The van der Waals surface area contributed by atoms with E-state index in [0.717, 1.165) is 31.4 Å². The molecule has 0 N–H and O–H groups in total. The normalized spacial score (nSPS) is 25.2. The van der Waals surface area contributed by atoms with Crippen molar-refractivity contribution in [2.24, 2.45) is 11.8 Å². The van der Waals surface area contributed by atoms with E-state index in [9.17, 15) is 9.59 Å². The fourth-order valence-corrected chi connectivity index (χ4v) is 3.37. The second-order valence-corrected chi connectivity index (χ2v) is 6.31. The van der Waals surface area contributed by atoms with Gasteiger partial charge in [0.2, 0.25) is 5.91 Å². The predicted molar refractivity (Wildman–Crippen MR) is 83.4 cm³/mol. The molecule has 118 valence electrons. The molecule has 22 heavy (non-hydrogen) atoms. The number of rotatable bonds is 4. The summed E-state index contributed by atoms with van der Waals surface area (Å²) in [6.07, 6.45) is 3.11. The summed E-state index contributed by atoms with van der Waals surface area (Å²) in [4.78, 5) is 26.8. The van der Waals surface area contributed by atoms with Crippen molar-refractivity contribution in [3.63, 3.8) is 0 Å². The van der Waals surface area contributed by atoms with Gasteiger partial charge in [0.05, 0.1) is 12.5 Å². The second kappa shape index (κ2) is 7.05. The lowest BCUT2D eigenvalue weighted by atomic mass is 9.89. The first kappa shape index (κ1) is 15.2. The van der Waals surface area contributed by atoms with E-state index in [1.54, 1.807) is 0 Å². The van der Waals surface area contributed by atoms with Crippen molar-refractivity contribution in [2.45, 2.75) is 25.7 Å². The molecule has 2 saturated heterocycles. The summed E-state index contributed by atoms with van der Waals surface area (Å²) in [6, 6.07) is 9.84. The van der Waals surface area contributed by atoms with Gasteiger partial charge < -0.3 is 9.64 Å². The topological polar surface area (TPSA) is 46.6 Å². The molecule has 2 fully saturated rings. The van der Waals surface area contributed by atoms with E-state index in [2.05, 4.69) is 0 Å². The summed E-state index contributed by atoms with van der Waals surface area (Å²) < 4.78 is 5.31. The first-order valence-electron chi connectivity index (χ1n) is 8.17. The zero-order chi connectivity index (χ0) is 15.4. The Hall–Kier alpha value is -1.68. The number of nitrogens with zero attached hydrogens (tertiary/aromatic N) is 1.